The van der Waals surface area contributed by atoms with Gasteiger partial charge >= 0.3 is 5.69 Å². The Morgan fingerprint density at radius 3 is 2.61 bits per heavy atom. The normalized spacial score (nSPS) is 31.8. The van der Waals surface area contributed by atoms with Crippen molar-refractivity contribution in [1.29, 1.82) is 0 Å². The van der Waals surface area contributed by atoms with Crippen molar-refractivity contribution < 1.29 is 20.1 Å². The summed E-state index contributed by atoms with van der Waals surface area (Å²) in [6.07, 6.45) is -3.68. The molecular formula is C9H11BrN2O6. The molecule has 1 aliphatic rings. The summed E-state index contributed by atoms with van der Waals surface area (Å²) in [5.41, 5.74) is -1.39. The lowest BCUT2D eigenvalue weighted by Crippen LogP contribution is -2.38. The molecule has 0 spiro atoms. The summed E-state index contributed by atoms with van der Waals surface area (Å²) in [5, 5.41) is 28.3. The van der Waals surface area contributed by atoms with Crippen molar-refractivity contribution in [1.82, 2.24) is 9.55 Å². The van der Waals surface area contributed by atoms with Crippen LogP contribution in [0.25, 0.3) is 0 Å². The Hall–Kier alpha value is -1.00. The molecule has 4 atom stereocenters. The number of nitrogens with one attached hydrogen (secondary N) is 1. The molecule has 1 saturated heterocycles. The molecule has 1 aromatic rings. The Morgan fingerprint density at radius 1 is 1.39 bits per heavy atom. The molecule has 1 fully saturated rings. The molecule has 18 heavy (non-hydrogen) atoms. The molecule has 0 aromatic carbocycles. The second-order valence-corrected chi connectivity index (χ2v) is 4.73. The summed E-state index contributed by atoms with van der Waals surface area (Å²) in [5.74, 6) is 0. The fraction of sp³-hybridized carbons (Fsp3) is 0.556. The van der Waals surface area contributed by atoms with Gasteiger partial charge < -0.3 is 20.1 Å². The average Bonchev–Trinajstić information content (AvgIpc) is 2.61. The second-order valence-electron chi connectivity index (χ2n) is 3.87. The first-order valence-electron chi connectivity index (χ1n) is 5.09. The van der Waals surface area contributed by atoms with Gasteiger partial charge in [0.2, 0.25) is 0 Å². The minimum absolute atomic E-state index is 0.0832. The standard InChI is InChI=1S/C9H11BrN2O6/c10-3-1-12(9(17)11-7(3)16)8-6(15)5(14)4(2-13)18-8/h1,4-6,8,13-15H,2H2,(H,11,16,17)/t4-,5?,6-,8-/m1/s1. The molecule has 1 unspecified atom stereocenters. The molecule has 0 amide bonds. The smallest absolute Gasteiger partial charge is 0.330 e. The van der Waals surface area contributed by atoms with Gasteiger partial charge in [-0.05, 0) is 15.9 Å². The van der Waals surface area contributed by atoms with E-state index in [0.717, 1.165) is 10.8 Å². The van der Waals surface area contributed by atoms with Crippen molar-refractivity contribution >= 4 is 15.9 Å². The minimum atomic E-state index is -1.38. The highest BCUT2D eigenvalue weighted by Gasteiger charge is 2.43. The van der Waals surface area contributed by atoms with Gasteiger partial charge in [-0.3, -0.25) is 14.3 Å². The number of aromatic nitrogens is 2. The zero-order chi connectivity index (χ0) is 13.4. The van der Waals surface area contributed by atoms with Crippen LogP contribution < -0.4 is 11.2 Å². The van der Waals surface area contributed by atoms with E-state index in [2.05, 4.69) is 15.9 Å². The number of halogens is 1. The van der Waals surface area contributed by atoms with E-state index < -0.39 is 42.4 Å². The Balaban J connectivity index is 2.42. The molecule has 2 rings (SSSR count). The lowest BCUT2D eigenvalue weighted by Gasteiger charge is -2.17. The van der Waals surface area contributed by atoms with E-state index in [1.165, 1.54) is 0 Å². The predicted molar refractivity (Wildman–Crippen MR) is 62.0 cm³/mol. The molecule has 1 aliphatic heterocycles. The summed E-state index contributed by atoms with van der Waals surface area (Å²) < 4.78 is 6.19. The summed E-state index contributed by atoms with van der Waals surface area (Å²) in [7, 11) is 0. The van der Waals surface area contributed by atoms with Gasteiger partial charge in [0.25, 0.3) is 5.56 Å². The quantitative estimate of drug-likeness (QED) is 0.495. The highest BCUT2D eigenvalue weighted by atomic mass is 79.9. The third-order valence-electron chi connectivity index (χ3n) is 2.72. The first-order chi connectivity index (χ1) is 8.45. The highest BCUT2D eigenvalue weighted by molar-refractivity contribution is 9.10. The Labute approximate surface area is 109 Å². The van der Waals surface area contributed by atoms with Gasteiger partial charge in [0.05, 0.1) is 11.1 Å². The molecule has 0 bridgehead atoms. The van der Waals surface area contributed by atoms with E-state index in [1.807, 2.05) is 4.98 Å². The zero-order valence-corrected chi connectivity index (χ0v) is 10.6. The molecule has 1 aromatic heterocycles. The van der Waals surface area contributed by atoms with E-state index in [9.17, 15) is 19.8 Å². The maximum atomic E-state index is 11.6. The number of aliphatic hydroxyl groups is 3. The number of aliphatic hydroxyl groups excluding tert-OH is 3. The maximum absolute atomic E-state index is 11.6. The number of rotatable bonds is 2. The Morgan fingerprint density at radius 2 is 2.06 bits per heavy atom. The van der Waals surface area contributed by atoms with Crippen LogP contribution >= 0.6 is 15.9 Å². The van der Waals surface area contributed by atoms with Crippen LogP contribution in [0.3, 0.4) is 0 Å². The monoisotopic (exact) mass is 322 g/mol. The van der Waals surface area contributed by atoms with Crippen LogP contribution in [0.15, 0.2) is 20.3 Å². The summed E-state index contributed by atoms with van der Waals surface area (Å²) in [6, 6.07) is 0. The molecule has 0 radical (unpaired) electrons. The van der Waals surface area contributed by atoms with E-state index in [-0.39, 0.29) is 4.47 Å². The van der Waals surface area contributed by atoms with E-state index >= 15 is 0 Å². The van der Waals surface area contributed by atoms with Gasteiger partial charge in [-0.15, -0.1) is 0 Å². The zero-order valence-electron chi connectivity index (χ0n) is 8.99. The van der Waals surface area contributed by atoms with Gasteiger partial charge in [-0.25, -0.2) is 4.79 Å². The third-order valence-corrected chi connectivity index (χ3v) is 3.28. The second kappa shape index (κ2) is 4.94. The number of H-pyrrole nitrogens is 1. The average molecular weight is 323 g/mol. The summed E-state index contributed by atoms with van der Waals surface area (Å²) >= 11 is 2.94. The largest absolute Gasteiger partial charge is 0.394 e. The third kappa shape index (κ3) is 2.15. The highest BCUT2D eigenvalue weighted by Crippen LogP contribution is 2.28. The van der Waals surface area contributed by atoms with Crippen LogP contribution in [0.1, 0.15) is 6.23 Å². The number of nitrogens with zero attached hydrogens (tertiary/aromatic N) is 1. The van der Waals surface area contributed by atoms with Crippen LogP contribution in [0, 0.1) is 0 Å². The lowest BCUT2D eigenvalue weighted by atomic mass is 10.1. The Kier molecular flexibility index (Phi) is 3.69. The molecule has 0 aliphatic carbocycles. The van der Waals surface area contributed by atoms with Crippen molar-refractivity contribution in [3.63, 3.8) is 0 Å². The van der Waals surface area contributed by atoms with Crippen molar-refractivity contribution in [3.05, 3.63) is 31.5 Å². The van der Waals surface area contributed by atoms with Crippen molar-refractivity contribution in [3.8, 4) is 0 Å². The predicted octanol–water partition coefficient (Wildman–Crippen LogP) is -2.09. The van der Waals surface area contributed by atoms with Gasteiger partial charge in [-0.2, -0.15) is 0 Å². The molecule has 4 N–H and O–H groups in total. The molecule has 2 heterocycles. The van der Waals surface area contributed by atoms with Crippen LogP contribution in [0.2, 0.25) is 0 Å². The Bertz CT molecular complexity index is 555. The fourth-order valence-corrected chi connectivity index (χ4v) is 2.08. The first kappa shape index (κ1) is 13.4. The SMILES string of the molecule is O=c1[nH]c(=O)n([C@@H]2O[C@H](CO)C(O)[C@H]2O)cc1Br. The van der Waals surface area contributed by atoms with Crippen LogP contribution in [-0.4, -0.2) is 49.8 Å². The molecule has 9 heteroatoms. The topological polar surface area (TPSA) is 125 Å². The van der Waals surface area contributed by atoms with Gasteiger partial charge in [0.1, 0.15) is 18.3 Å². The van der Waals surface area contributed by atoms with Gasteiger partial charge in [-0.1, -0.05) is 0 Å². The molecule has 0 saturated carbocycles. The van der Waals surface area contributed by atoms with Gasteiger partial charge in [0, 0.05) is 6.20 Å². The fourth-order valence-electron chi connectivity index (χ4n) is 1.76. The first-order valence-corrected chi connectivity index (χ1v) is 5.88. The number of aromatic amines is 1. The van der Waals surface area contributed by atoms with Crippen LogP contribution in [-0.2, 0) is 4.74 Å². The van der Waals surface area contributed by atoms with E-state index in [0.29, 0.717) is 0 Å². The van der Waals surface area contributed by atoms with Gasteiger partial charge in [0.15, 0.2) is 6.23 Å². The summed E-state index contributed by atoms with van der Waals surface area (Å²) in [4.78, 5) is 24.8. The van der Waals surface area contributed by atoms with Crippen LogP contribution in [0.5, 0.6) is 0 Å². The van der Waals surface area contributed by atoms with E-state index in [4.69, 9.17) is 9.84 Å². The maximum Gasteiger partial charge on any atom is 0.330 e. The van der Waals surface area contributed by atoms with Crippen molar-refractivity contribution in [2.75, 3.05) is 6.61 Å². The van der Waals surface area contributed by atoms with Crippen LogP contribution in [0.4, 0.5) is 0 Å². The van der Waals surface area contributed by atoms with Crippen molar-refractivity contribution in [2.24, 2.45) is 0 Å². The number of hydrogen-bond donors (Lipinski definition) is 4. The number of ether oxygens (including phenoxy) is 1. The number of hydrogen-bond acceptors (Lipinski definition) is 6. The summed E-state index contributed by atoms with van der Waals surface area (Å²) in [6.45, 7) is -0.492. The lowest BCUT2D eigenvalue weighted by molar-refractivity contribution is -0.0551. The van der Waals surface area contributed by atoms with Crippen molar-refractivity contribution in [2.45, 2.75) is 24.5 Å². The molecule has 100 valence electrons. The minimum Gasteiger partial charge on any atom is -0.394 e. The van der Waals surface area contributed by atoms with E-state index in [1.54, 1.807) is 0 Å². The molecular weight excluding hydrogens is 312 g/mol. The molecule has 8 nitrogen and oxygen atoms in total.